The minimum atomic E-state index is 0.142. The molecule has 1 unspecified atom stereocenters. The van der Waals surface area contributed by atoms with E-state index in [1.807, 2.05) is 48.0 Å². The van der Waals surface area contributed by atoms with Gasteiger partial charge in [0.15, 0.2) is 5.82 Å². The Morgan fingerprint density at radius 3 is 2.52 bits per heavy atom. The van der Waals surface area contributed by atoms with Gasteiger partial charge in [-0.25, -0.2) is 9.67 Å². The number of rotatable bonds is 2. The summed E-state index contributed by atoms with van der Waals surface area (Å²) in [6.07, 6.45) is 0.819. The van der Waals surface area contributed by atoms with Gasteiger partial charge >= 0.3 is 0 Å². The molecular weight excluding hydrogens is 306 g/mol. The van der Waals surface area contributed by atoms with Gasteiger partial charge in [0.05, 0.1) is 17.4 Å². The summed E-state index contributed by atoms with van der Waals surface area (Å²) in [4.78, 5) is 4.82. The van der Waals surface area contributed by atoms with Crippen molar-refractivity contribution in [2.24, 2.45) is 4.99 Å². The molecule has 1 aliphatic rings. The van der Waals surface area contributed by atoms with E-state index in [0.29, 0.717) is 0 Å². The number of benzene rings is 2. The number of fused-ring (bicyclic) bond motifs is 1. The zero-order valence-electron chi connectivity index (χ0n) is 12.8. The second-order valence-corrected chi connectivity index (χ2v) is 6.22. The van der Waals surface area contributed by atoms with Gasteiger partial charge < -0.3 is 0 Å². The first-order valence-corrected chi connectivity index (χ1v) is 8.03. The van der Waals surface area contributed by atoms with Gasteiger partial charge in [-0.3, -0.25) is 0 Å². The third-order valence-corrected chi connectivity index (χ3v) is 4.38. The molecule has 4 heteroatoms. The van der Waals surface area contributed by atoms with Crippen molar-refractivity contribution in [2.75, 3.05) is 0 Å². The highest BCUT2D eigenvalue weighted by atomic mass is 35.5. The van der Waals surface area contributed by atoms with E-state index in [1.165, 1.54) is 5.56 Å². The summed E-state index contributed by atoms with van der Waals surface area (Å²) in [6, 6.07) is 20.5. The summed E-state index contributed by atoms with van der Waals surface area (Å²) in [7, 11) is 0. The lowest BCUT2D eigenvalue weighted by Gasteiger charge is -2.25. The Kier molecular flexibility index (Phi) is 3.50. The second-order valence-electron chi connectivity index (χ2n) is 5.78. The zero-order valence-corrected chi connectivity index (χ0v) is 13.5. The quantitative estimate of drug-likeness (QED) is 0.656. The molecule has 0 fully saturated rings. The molecule has 1 aliphatic heterocycles. The molecule has 2 aromatic carbocycles. The van der Waals surface area contributed by atoms with Crippen LogP contribution in [-0.2, 0) is 0 Å². The molecule has 0 N–H and O–H groups in total. The number of halogens is 1. The van der Waals surface area contributed by atoms with Crippen molar-refractivity contribution in [3.05, 3.63) is 82.5 Å². The van der Waals surface area contributed by atoms with Crippen LogP contribution in [0.5, 0.6) is 0 Å². The predicted molar refractivity (Wildman–Crippen MR) is 93.8 cm³/mol. The number of aryl methyl sites for hydroxylation is 1. The molecular formula is C19H16ClN3. The molecule has 3 aromatic rings. The summed E-state index contributed by atoms with van der Waals surface area (Å²) in [5.41, 5.74) is 4.44. The van der Waals surface area contributed by atoms with E-state index < -0.39 is 0 Å². The summed E-state index contributed by atoms with van der Waals surface area (Å²) in [6.45, 7) is 2.00. The predicted octanol–water partition coefficient (Wildman–Crippen LogP) is 4.96. The van der Waals surface area contributed by atoms with Crippen molar-refractivity contribution >= 4 is 23.1 Å². The molecule has 0 saturated heterocycles. The first-order chi connectivity index (χ1) is 11.2. The number of hydrogen-bond donors (Lipinski definition) is 0. The number of aliphatic imine (C=N–C) groups is 1. The maximum absolute atomic E-state index is 6.03. The van der Waals surface area contributed by atoms with E-state index in [1.54, 1.807) is 0 Å². The normalized spacial score (nSPS) is 16.8. The van der Waals surface area contributed by atoms with Crippen LogP contribution in [0.2, 0.25) is 5.02 Å². The van der Waals surface area contributed by atoms with Gasteiger partial charge in [0, 0.05) is 17.5 Å². The molecule has 0 spiro atoms. The molecule has 0 aliphatic carbocycles. The van der Waals surface area contributed by atoms with Crippen LogP contribution in [0.4, 0.5) is 5.82 Å². The first kappa shape index (κ1) is 14.2. The van der Waals surface area contributed by atoms with Gasteiger partial charge in [-0.2, -0.15) is 5.10 Å². The molecule has 0 bridgehead atoms. The summed E-state index contributed by atoms with van der Waals surface area (Å²) >= 11 is 6.03. The Balaban J connectivity index is 1.82. The minimum absolute atomic E-state index is 0.142. The van der Waals surface area contributed by atoms with Gasteiger partial charge in [0.1, 0.15) is 0 Å². The van der Waals surface area contributed by atoms with Crippen LogP contribution >= 0.6 is 11.6 Å². The fourth-order valence-corrected chi connectivity index (χ4v) is 3.15. The van der Waals surface area contributed by atoms with Crippen molar-refractivity contribution in [2.45, 2.75) is 19.4 Å². The van der Waals surface area contributed by atoms with Crippen LogP contribution in [0.3, 0.4) is 0 Å². The summed E-state index contributed by atoms with van der Waals surface area (Å²) in [5, 5.41) is 5.38. The molecule has 1 aromatic heterocycles. The molecule has 0 saturated carbocycles. The Morgan fingerprint density at radius 1 is 1.04 bits per heavy atom. The monoisotopic (exact) mass is 321 g/mol. The van der Waals surface area contributed by atoms with Crippen molar-refractivity contribution < 1.29 is 0 Å². The smallest absolute Gasteiger partial charge is 0.151 e. The number of aromatic nitrogens is 2. The van der Waals surface area contributed by atoms with Crippen molar-refractivity contribution in [1.82, 2.24) is 9.78 Å². The number of nitrogens with zero attached hydrogens (tertiary/aromatic N) is 3. The highest BCUT2D eigenvalue weighted by molar-refractivity contribution is 6.30. The SMILES string of the molecule is Cc1cc2n(n1)C(c1ccc(Cl)cc1)CC(c1ccccc1)=N2. The van der Waals surface area contributed by atoms with Gasteiger partial charge in [0.2, 0.25) is 0 Å². The third-order valence-electron chi connectivity index (χ3n) is 4.13. The largest absolute Gasteiger partial charge is 0.240 e. The van der Waals surface area contributed by atoms with Crippen LogP contribution in [0, 0.1) is 6.92 Å². The summed E-state index contributed by atoms with van der Waals surface area (Å²) < 4.78 is 2.02. The van der Waals surface area contributed by atoms with E-state index in [9.17, 15) is 0 Å². The van der Waals surface area contributed by atoms with Crippen LogP contribution < -0.4 is 0 Å². The first-order valence-electron chi connectivity index (χ1n) is 7.65. The van der Waals surface area contributed by atoms with E-state index in [4.69, 9.17) is 16.6 Å². The Bertz CT molecular complexity index is 863. The van der Waals surface area contributed by atoms with Crippen molar-refractivity contribution in [1.29, 1.82) is 0 Å². The molecule has 3 nitrogen and oxygen atoms in total. The van der Waals surface area contributed by atoms with Crippen LogP contribution in [0.25, 0.3) is 0 Å². The standard InChI is InChI=1S/C19H16ClN3/c1-13-11-19-21-17(14-5-3-2-4-6-14)12-18(23(19)22-13)15-7-9-16(20)10-8-15/h2-11,18H,12H2,1H3. The zero-order chi connectivity index (χ0) is 15.8. The molecule has 114 valence electrons. The van der Waals surface area contributed by atoms with Crippen LogP contribution in [0.1, 0.15) is 29.3 Å². The lowest BCUT2D eigenvalue weighted by atomic mass is 9.96. The Morgan fingerprint density at radius 2 is 1.78 bits per heavy atom. The van der Waals surface area contributed by atoms with Gasteiger partial charge in [-0.1, -0.05) is 54.1 Å². The van der Waals surface area contributed by atoms with Gasteiger partial charge in [-0.05, 0) is 30.2 Å². The van der Waals surface area contributed by atoms with Crippen molar-refractivity contribution in [3.63, 3.8) is 0 Å². The number of hydrogen-bond acceptors (Lipinski definition) is 2. The average molecular weight is 322 g/mol. The molecule has 0 amide bonds. The van der Waals surface area contributed by atoms with E-state index in [0.717, 1.165) is 34.2 Å². The highest BCUT2D eigenvalue weighted by Crippen LogP contribution is 2.34. The lowest BCUT2D eigenvalue weighted by molar-refractivity contribution is 0.529. The van der Waals surface area contributed by atoms with Gasteiger partial charge in [0.25, 0.3) is 0 Å². The molecule has 23 heavy (non-hydrogen) atoms. The molecule has 2 heterocycles. The molecule has 1 atom stereocenters. The fraction of sp³-hybridized carbons (Fsp3) is 0.158. The van der Waals surface area contributed by atoms with Crippen molar-refractivity contribution in [3.8, 4) is 0 Å². The molecule has 4 rings (SSSR count). The lowest BCUT2D eigenvalue weighted by Crippen LogP contribution is -2.21. The molecule has 0 radical (unpaired) electrons. The second kappa shape index (κ2) is 5.67. The van der Waals surface area contributed by atoms with Gasteiger partial charge in [-0.15, -0.1) is 0 Å². The highest BCUT2D eigenvalue weighted by Gasteiger charge is 2.25. The third kappa shape index (κ3) is 2.68. The Labute approximate surface area is 140 Å². The topological polar surface area (TPSA) is 30.2 Å². The average Bonchev–Trinajstić information content (AvgIpc) is 2.96. The Hall–Kier alpha value is -2.39. The minimum Gasteiger partial charge on any atom is -0.240 e. The van der Waals surface area contributed by atoms with E-state index in [2.05, 4.69) is 29.4 Å². The van der Waals surface area contributed by atoms with Crippen LogP contribution in [-0.4, -0.2) is 15.5 Å². The van der Waals surface area contributed by atoms with E-state index >= 15 is 0 Å². The maximum atomic E-state index is 6.03. The van der Waals surface area contributed by atoms with Crippen LogP contribution in [0.15, 0.2) is 65.7 Å². The van der Waals surface area contributed by atoms with E-state index in [-0.39, 0.29) is 6.04 Å². The summed E-state index contributed by atoms with van der Waals surface area (Å²) in [5.74, 6) is 0.910. The fourth-order valence-electron chi connectivity index (χ4n) is 3.03. The maximum Gasteiger partial charge on any atom is 0.151 e.